The Morgan fingerprint density at radius 1 is 0.494 bits per heavy atom. The van der Waals surface area contributed by atoms with Crippen LogP contribution in [0.4, 0.5) is 13.2 Å². The molecule has 0 unspecified atom stereocenters. The number of nitrogens with one attached hydrogen (secondary N) is 3. The van der Waals surface area contributed by atoms with Crippen LogP contribution in [0.15, 0.2) is 120 Å². The zero-order chi connectivity index (χ0) is 61.2. The summed E-state index contributed by atoms with van der Waals surface area (Å²) in [6.07, 6.45) is 10.6. The van der Waals surface area contributed by atoms with E-state index < -0.39 is 0 Å². The van der Waals surface area contributed by atoms with Gasteiger partial charge in [-0.15, -0.1) is 12.3 Å². The Labute approximate surface area is 531 Å². The fourth-order valence-electron chi connectivity index (χ4n) is 11.0. The molecular weight excluding hydrogens is 1320 g/mol. The maximum Gasteiger partial charge on any atom is 0.231 e. The molecule has 6 aliphatic rings. The molecule has 0 saturated carbocycles. The smallest absolute Gasteiger partial charge is 0.231 e. The number of hydrogen-bond acceptors (Lipinski definition) is 14. The predicted octanol–water partition coefficient (Wildman–Crippen LogP) is 12.9. The van der Waals surface area contributed by atoms with Crippen molar-refractivity contribution in [1.29, 1.82) is 0 Å². The van der Waals surface area contributed by atoms with Crippen molar-refractivity contribution in [3.63, 3.8) is 0 Å². The van der Waals surface area contributed by atoms with E-state index >= 15 is 0 Å². The van der Waals surface area contributed by atoms with E-state index in [0.717, 1.165) is 109 Å². The van der Waals surface area contributed by atoms with Crippen molar-refractivity contribution in [3.05, 3.63) is 159 Å². The van der Waals surface area contributed by atoms with Crippen molar-refractivity contribution in [1.82, 2.24) is 16.0 Å². The number of aliphatic hydroxyl groups excluding tert-OH is 2. The molecule has 6 atom stereocenters. The van der Waals surface area contributed by atoms with E-state index in [-0.39, 0.29) is 57.0 Å². The van der Waals surface area contributed by atoms with Crippen molar-refractivity contribution in [3.8, 4) is 75.9 Å². The van der Waals surface area contributed by atoms with E-state index in [1.807, 2.05) is 78.9 Å². The first-order chi connectivity index (χ1) is 42.7. The molecule has 0 aromatic heterocycles. The summed E-state index contributed by atoms with van der Waals surface area (Å²) in [5.41, 5.74) is 4.24. The van der Waals surface area contributed by atoms with Crippen LogP contribution in [0.1, 0.15) is 85.0 Å². The molecule has 0 spiro atoms. The van der Waals surface area contributed by atoms with Gasteiger partial charge in [-0.05, 0) is 151 Å². The predicted molar refractivity (Wildman–Crippen MR) is 338 cm³/mol. The monoisotopic (exact) mass is 1390 g/mol. The zero-order valence-electron chi connectivity index (χ0n) is 48.2. The molecule has 0 aliphatic carbocycles. The van der Waals surface area contributed by atoms with Crippen molar-refractivity contribution in [2.75, 3.05) is 92.7 Å². The number of hydrogen-bond donors (Lipinski definition) is 5. The average molecular weight is 1390 g/mol. The molecule has 3 saturated heterocycles. The minimum absolute atomic E-state index is 0.124. The quantitative estimate of drug-likeness (QED) is 0.0460. The summed E-state index contributed by atoms with van der Waals surface area (Å²) in [6.45, 7) is 8.21. The highest BCUT2D eigenvalue weighted by Gasteiger charge is 2.31. The van der Waals surface area contributed by atoms with Gasteiger partial charge in [-0.3, -0.25) is 0 Å². The largest absolute Gasteiger partial charge is 0.493 e. The van der Waals surface area contributed by atoms with E-state index in [1.54, 1.807) is 0 Å². The van der Waals surface area contributed by atoms with E-state index in [0.29, 0.717) is 91.7 Å². The molecule has 0 amide bonds. The van der Waals surface area contributed by atoms with Crippen LogP contribution in [0.3, 0.4) is 0 Å². The minimum atomic E-state index is -0.217. The Bertz CT molecular complexity index is 3190. The second-order valence-corrected chi connectivity index (χ2v) is 22.0. The molecule has 12 rings (SSSR count). The number of halogens is 6. The van der Waals surface area contributed by atoms with Gasteiger partial charge in [0.25, 0.3) is 0 Å². The number of rotatable bonds is 16. The molecule has 0 bridgehead atoms. The summed E-state index contributed by atoms with van der Waals surface area (Å²) >= 11 is 9.03. The first-order valence-corrected chi connectivity index (χ1v) is 33.6. The van der Waals surface area contributed by atoms with Crippen LogP contribution in [-0.2, 0) is 0 Å². The molecule has 87 heavy (non-hydrogen) atoms. The van der Waals surface area contributed by atoms with E-state index in [1.165, 1.54) is 47.5 Å². The van der Waals surface area contributed by atoms with Gasteiger partial charge in [-0.1, -0.05) is 48.2 Å². The summed E-state index contributed by atoms with van der Waals surface area (Å²) in [5.74, 6) is 16.4. The number of unbranched alkanes of at least 4 members (excludes halogenated alkanes) is 2. The Balaban J connectivity index is 0.000000160. The minimum Gasteiger partial charge on any atom is -0.493 e. The van der Waals surface area contributed by atoms with E-state index in [4.69, 9.17) is 59.3 Å². The molecule has 5 N–H and O–H groups in total. The summed E-state index contributed by atoms with van der Waals surface area (Å²) in [6, 6.07) is 33.5. The zero-order valence-corrected chi connectivity index (χ0v) is 53.0. The van der Waals surface area contributed by atoms with Crippen molar-refractivity contribution < 1.29 is 66.0 Å². The van der Waals surface area contributed by atoms with Crippen molar-refractivity contribution in [2.45, 2.75) is 62.7 Å². The lowest BCUT2D eigenvalue weighted by molar-refractivity contribution is 0.173. The van der Waals surface area contributed by atoms with Crippen LogP contribution in [0.5, 0.6) is 51.7 Å². The highest BCUT2D eigenvalue weighted by Crippen LogP contribution is 2.43. The fraction of sp³-hybridized carbons (Fsp3) is 0.403. The first kappa shape index (κ1) is 66.6. The first-order valence-electron chi connectivity index (χ1n) is 29.1. The number of piperidine rings is 3. The molecule has 0 radical (unpaired) electrons. The fourth-order valence-corrected chi connectivity index (χ4v) is 11.4. The molecule has 6 heterocycles. The molecule has 3 fully saturated rings. The van der Waals surface area contributed by atoms with Gasteiger partial charge in [0, 0.05) is 122 Å². The molecule has 14 nitrogen and oxygen atoms in total. The van der Waals surface area contributed by atoms with Crippen LogP contribution in [0.25, 0.3) is 0 Å². The van der Waals surface area contributed by atoms with Crippen LogP contribution < -0.4 is 58.6 Å². The molecule has 464 valence electrons. The highest BCUT2D eigenvalue weighted by atomic mass is 80.9. The number of aliphatic hydroxyl groups is 2. The van der Waals surface area contributed by atoms with Gasteiger partial charge in [0.05, 0.1) is 29.9 Å². The Morgan fingerprint density at radius 3 is 1.36 bits per heavy atom. The van der Waals surface area contributed by atoms with Crippen LogP contribution in [-0.4, -0.2) is 103 Å². The van der Waals surface area contributed by atoms with E-state index in [9.17, 15) is 13.2 Å². The summed E-state index contributed by atoms with van der Waals surface area (Å²) in [4.78, 5) is 0. The second kappa shape index (κ2) is 35.6. The summed E-state index contributed by atoms with van der Waals surface area (Å²) < 4.78 is 91.3. The van der Waals surface area contributed by atoms with Gasteiger partial charge in [0.15, 0.2) is 34.5 Å². The van der Waals surface area contributed by atoms with Gasteiger partial charge < -0.3 is 68.8 Å². The van der Waals surface area contributed by atoms with Gasteiger partial charge in [-0.25, -0.2) is 13.2 Å². The van der Waals surface area contributed by atoms with E-state index in [2.05, 4.69) is 77.9 Å². The van der Waals surface area contributed by atoms with Crippen LogP contribution in [0.2, 0.25) is 0 Å². The Morgan fingerprint density at radius 2 is 0.897 bits per heavy atom. The van der Waals surface area contributed by atoms with Crippen molar-refractivity contribution >= 4 is 44.2 Å². The highest BCUT2D eigenvalue weighted by molar-refractivity contribution is 9.93. The average Bonchev–Trinajstić information content (AvgIpc) is 4.57. The molecule has 20 heteroatoms. The third-order valence-corrected chi connectivity index (χ3v) is 16.1. The molecule has 6 aromatic rings. The standard InChI is InChI=1S/C24H26FNO4.C19H19BrFNO3.C19H20FNO3.C5H8O.Br2/c25-20-7-5-17(6-8-20)21-9-10-26-14-19(21)15-28-22-13-24-23(29-16-30-24)12-18(22)4-2-1-3-11-27;20-16-7-18-19(25-11-24-18)8-17(16)23-10-13-9-22-6-5-15(13)12-1-3-14(21)4-2-12;20-15-3-1-13(2-4-15)17-7-8-21-10-14(17)11-22-16-5-6-18-19(9-16)24-12-23-18;1-2-3-4-5-6;1-2/h5-8,12-13,19,21,26-27H,1,3,9-11,14-16H2;1-4,7-8,13,15,22H,5-6,9-11H2;1-6,9,14,17,21H,7-8,10-12H2;1,6H,3-5H2;/t19-,21-;13-,15-;14-,17-;;/m000../s1. The number of terminal acetylenes is 1. The normalized spacial score (nSPS) is 19.9. The van der Waals surface area contributed by atoms with Crippen LogP contribution >= 0.6 is 44.2 Å². The topological polar surface area (TPSA) is 160 Å². The Kier molecular flexibility index (Phi) is 27.3. The van der Waals surface area contributed by atoms with Gasteiger partial charge in [0.2, 0.25) is 20.4 Å². The summed E-state index contributed by atoms with van der Waals surface area (Å²) in [7, 11) is 0. The van der Waals surface area contributed by atoms with Crippen LogP contribution in [0, 0.1) is 59.4 Å². The second-order valence-electron chi connectivity index (χ2n) is 21.2. The van der Waals surface area contributed by atoms with Gasteiger partial charge in [-0.2, -0.15) is 0 Å². The number of benzene rings is 6. The maximum atomic E-state index is 13.3. The maximum absolute atomic E-state index is 13.3. The third kappa shape index (κ3) is 19.8. The van der Waals surface area contributed by atoms with Gasteiger partial charge in [0.1, 0.15) is 34.7 Å². The number of fused-ring (bicyclic) bond motifs is 3. The van der Waals surface area contributed by atoms with Crippen molar-refractivity contribution in [2.24, 2.45) is 17.8 Å². The molecular formula is C67H73Br3F3N3O11. The lowest BCUT2D eigenvalue weighted by Crippen LogP contribution is -2.38. The molecule has 6 aliphatic heterocycles. The Hall–Kier alpha value is -6.33. The molecule has 6 aromatic carbocycles. The number of ether oxygens (including phenoxy) is 9. The van der Waals surface area contributed by atoms with Gasteiger partial charge >= 0.3 is 0 Å². The SMILES string of the molecule is BrBr.C#CCCCO.Fc1ccc([C@@H]2CCNC[C@H]2COc2cc3c(cc2Br)OCO3)cc1.Fc1ccc([C@@H]2CCNC[C@H]2COc2ccc3c(c2)OCO3)cc1.OCCCC#Cc1cc2c(cc1OC[C@@H]1CNCC[C@H]1c1ccc(F)cc1)OCO2. The third-order valence-electron chi connectivity index (χ3n) is 15.5. The lowest BCUT2D eigenvalue weighted by atomic mass is 9.81. The lowest BCUT2D eigenvalue weighted by Gasteiger charge is -2.32. The summed E-state index contributed by atoms with van der Waals surface area (Å²) in [5, 5.41) is 27.3.